The van der Waals surface area contributed by atoms with Crippen LogP contribution in [0.15, 0.2) is 0 Å². The lowest BCUT2D eigenvalue weighted by Crippen LogP contribution is -2.54. The maximum atomic E-state index is 12.5. The minimum Gasteiger partial charge on any atom is -0.468 e. The Morgan fingerprint density at radius 1 is 1.18 bits per heavy atom. The first-order valence-electron chi connectivity index (χ1n) is 6.47. The van der Waals surface area contributed by atoms with Gasteiger partial charge < -0.3 is 9.64 Å². The molecule has 0 spiro atoms. The number of amides is 1. The minimum atomic E-state index is -0.855. The van der Waals surface area contributed by atoms with Crippen molar-refractivity contribution in [3.8, 4) is 0 Å². The van der Waals surface area contributed by atoms with Gasteiger partial charge in [-0.2, -0.15) is 0 Å². The Balaban J connectivity index is 2.09. The van der Waals surface area contributed by atoms with Gasteiger partial charge in [-0.05, 0) is 25.7 Å². The lowest BCUT2D eigenvalue weighted by atomic mass is 9.67. The predicted octanol–water partition coefficient (Wildman–Crippen LogP) is 1.73. The van der Waals surface area contributed by atoms with E-state index in [9.17, 15) is 9.59 Å². The lowest BCUT2D eigenvalue weighted by molar-refractivity contribution is -0.170. The standard InChI is InChI=1S/C13H21NO3/c1-14(10-6-3-4-7-10)11(15)13(8-5-9-13)12(16)17-2/h10H,3-9H2,1-2H3. The van der Waals surface area contributed by atoms with Gasteiger partial charge in [0.1, 0.15) is 5.41 Å². The van der Waals surface area contributed by atoms with Crippen molar-refractivity contribution in [3.63, 3.8) is 0 Å². The Bertz CT molecular complexity index is 317. The highest BCUT2D eigenvalue weighted by Gasteiger charge is 2.53. The van der Waals surface area contributed by atoms with Crippen LogP contribution >= 0.6 is 0 Å². The molecule has 0 aromatic rings. The van der Waals surface area contributed by atoms with E-state index < -0.39 is 5.41 Å². The number of rotatable bonds is 3. The topological polar surface area (TPSA) is 46.6 Å². The van der Waals surface area contributed by atoms with Gasteiger partial charge in [-0.25, -0.2) is 0 Å². The van der Waals surface area contributed by atoms with Crippen molar-refractivity contribution < 1.29 is 14.3 Å². The average Bonchev–Trinajstić information content (AvgIpc) is 2.79. The molecule has 2 fully saturated rings. The van der Waals surface area contributed by atoms with Gasteiger partial charge in [-0.15, -0.1) is 0 Å². The summed E-state index contributed by atoms with van der Waals surface area (Å²) in [5.41, 5.74) is -0.855. The molecule has 0 aromatic carbocycles. The molecule has 0 radical (unpaired) electrons. The fraction of sp³-hybridized carbons (Fsp3) is 0.846. The molecule has 0 bridgehead atoms. The van der Waals surface area contributed by atoms with Gasteiger partial charge in [0.2, 0.25) is 5.91 Å². The summed E-state index contributed by atoms with van der Waals surface area (Å²) in [5.74, 6) is -0.374. The van der Waals surface area contributed by atoms with Crippen LogP contribution in [0.2, 0.25) is 0 Å². The second-order valence-electron chi connectivity index (χ2n) is 5.28. The predicted molar refractivity (Wildman–Crippen MR) is 63.3 cm³/mol. The largest absolute Gasteiger partial charge is 0.468 e. The molecule has 0 atom stereocenters. The molecule has 4 nitrogen and oxygen atoms in total. The monoisotopic (exact) mass is 239 g/mol. The van der Waals surface area contributed by atoms with Crippen LogP contribution < -0.4 is 0 Å². The molecule has 2 aliphatic rings. The number of carbonyl (C=O) groups excluding carboxylic acids is 2. The normalized spacial score (nSPS) is 22.9. The second-order valence-corrected chi connectivity index (χ2v) is 5.28. The van der Waals surface area contributed by atoms with Crippen LogP contribution in [0.4, 0.5) is 0 Å². The Kier molecular flexibility index (Phi) is 3.40. The molecule has 0 N–H and O–H groups in total. The average molecular weight is 239 g/mol. The molecule has 0 aromatic heterocycles. The van der Waals surface area contributed by atoms with Crippen molar-refractivity contribution in [2.24, 2.45) is 5.41 Å². The Labute approximate surface area is 102 Å². The zero-order chi connectivity index (χ0) is 12.5. The highest BCUT2D eigenvalue weighted by atomic mass is 16.5. The van der Waals surface area contributed by atoms with Gasteiger partial charge in [0.15, 0.2) is 0 Å². The van der Waals surface area contributed by atoms with Gasteiger partial charge in [-0.1, -0.05) is 19.3 Å². The van der Waals surface area contributed by atoms with Gasteiger partial charge in [-0.3, -0.25) is 9.59 Å². The summed E-state index contributed by atoms with van der Waals surface area (Å²) >= 11 is 0. The molecule has 17 heavy (non-hydrogen) atoms. The summed E-state index contributed by atoms with van der Waals surface area (Å²) in [5, 5.41) is 0. The van der Waals surface area contributed by atoms with Crippen LogP contribution in [0.1, 0.15) is 44.9 Å². The third-order valence-electron chi connectivity index (χ3n) is 4.39. The van der Waals surface area contributed by atoms with Crippen molar-refractivity contribution in [3.05, 3.63) is 0 Å². The van der Waals surface area contributed by atoms with E-state index in [1.54, 1.807) is 4.90 Å². The van der Waals surface area contributed by atoms with Gasteiger partial charge in [0.05, 0.1) is 7.11 Å². The van der Waals surface area contributed by atoms with E-state index in [1.165, 1.54) is 20.0 Å². The van der Waals surface area contributed by atoms with Crippen molar-refractivity contribution in [2.75, 3.05) is 14.2 Å². The number of hydrogen-bond donors (Lipinski definition) is 0. The van der Waals surface area contributed by atoms with Crippen molar-refractivity contribution in [1.82, 2.24) is 4.90 Å². The first kappa shape index (κ1) is 12.4. The molecule has 2 rings (SSSR count). The SMILES string of the molecule is COC(=O)C1(C(=O)N(C)C2CCCC2)CCC1. The minimum absolute atomic E-state index is 0.0255. The molecule has 0 aliphatic heterocycles. The maximum Gasteiger partial charge on any atom is 0.321 e. The van der Waals surface area contributed by atoms with Crippen LogP contribution in [0.5, 0.6) is 0 Å². The van der Waals surface area contributed by atoms with E-state index in [-0.39, 0.29) is 11.9 Å². The van der Waals surface area contributed by atoms with Crippen LogP contribution in [0.3, 0.4) is 0 Å². The molecule has 0 saturated heterocycles. The number of methoxy groups -OCH3 is 1. The number of esters is 1. The van der Waals surface area contributed by atoms with E-state index in [1.807, 2.05) is 7.05 Å². The molecule has 0 heterocycles. The third-order valence-corrected chi connectivity index (χ3v) is 4.39. The van der Waals surface area contributed by atoms with Crippen LogP contribution in [-0.4, -0.2) is 37.0 Å². The number of hydrogen-bond acceptors (Lipinski definition) is 3. The van der Waals surface area contributed by atoms with Gasteiger partial charge in [0.25, 0.3) is 0 Å². The maximum absolute atomic E-state index is 12.5. The summed E-state index contributed by atoms with van der Waals surface area (Å²) in [6, 6.07) is 0.324. The molecule has 96 valence electrons. The highest BCUT2D eigenvalue weighted by molar-refractivity contribution is 6.03. The lowest BCUT2D eigenvalue weighted by Gasteiger charge is -2.41. The fourth-order valence-corrected chi connectivity index (χ4v) is 3.03. The molecule has 4 heteroatoms. The van der Waals surface area contributed by atoms with E-state index >= 15 is 0 Å². The Morgan fingerprint density at radius 2 is 1.76 bits per heavy atom. The van der Waals surface area contributed by atoms with E-state index in [0.29, 0.717) is 18.9 Å². The smallest absolute Gasteiger partial charge is 0.321 e. The second kappa shape index (κ2) is 4.67. The summed E-state index contributed by atoms with van der Waals surface area (Å²) < 4.78 is 4.81. The summed E-state index contributed by atoms with van der Waals surface area (Å²) in [6.07, 6.45) is 6.75. The summed E-state index contributed by atoms with van der Waals surface area (Å²) in [7, 11) is 3.20. The Hall–Kier alpha value is -1.06. The van der Waals surface area contributed by atoms with E-state index in [2.05, 4.69) is 0 Å². The van der Waals surface area contributed by atoms with E-state index in [4.69, 9.17) is 4.74 Å². The van der Waals surface area contributed by atoms with Crippen LogP contribution in [0, 0.1) is 5.41 Å². The zero-order valence-electron chi connectivity index (χ0n) is 10.7. The van der Waals surface area contributed by atoms with Crippen LogP contribution in [0.25, 0.3) is 0 Å². The first-order chi connectivity index (χ1) is 8.12. The van der Waals surface area contributed by atoms with Crippen molar-refractivity contribution in [2.45, 2.75) is 51.0 Å². The summed E-state index contributed by atoms with van der Waals surface area (Å²) in [6.45, 7) is 0. The quantitative estimate of drug-likeness (QED) is 0.556. The van der Waals surface area contributed by atoms with Gasteiger partial charge in [0, 0.05) is 13.1 Å². The van der Waals surface area contributed by atoms with Crippen LogP contribution in [-0.2, 0) is 14.3 Å². The van der Waals surface area contributed by atoms with Crippen molar-refractivity contribution >= 4 is 11.9 Å². The fourth-order valence-electron chi connectivity index (χ4n) is 3.03. The van der Waals surface area contributed by atoms with Gasteiger partial charge >= 0.3 is 5.97 Å². The molecule has 2 aliphatic carbocycles. The molecule has 0 unspecified atom stereocenters. The highest BCUT2D eigenvalue weighted by Crippen LogP contribution is 2.44. The third kappa shape index (κ3) is 1.94. The first-order valence-corrected chi connectivity index (χ1v) is 6.47. The summed E-state index contributed by atoms with van der Waals surface area (Å²) in [4.78, 5) is 26.1. The zero-order valence-corrected chi connectivity index (χ0v) is 10.7. The molecular weight excluding hydrogens is 218 g/mol. The van der Waals surface area contributed by atoms with Crippen molar-refractivity contribution in [1.29, 1.82) is 0 Å². The number of carbonyl (C=O) groups is 2. The number of ether oxygens (including phenoxy) is 1. The number of nitrogens with zero attached hydrogens (tertiary/aromatic N) is 1. The molecule has 1 amide bonds. The van der Waals surface area contributed by atoms with E-state index in [0.717, 1.165) is 19.3 Å². The molecule has 2 saturated carbocycles. The Morgan fingerprint density at radius 3 is 2.18 bits per heavy atom. The molecular formula is C13H21NO3.